The molecule has 7 heteroatoms. The third-order valence-electron chi connectivity index (χ3n) is 5.44. The Kier molecular flexibility index (Phi) is 8.90. The van der Waals surface area contributed by atoms with Crippen LogP contribution in [-0.4, -0.2) is 80.7 Å². The highest BCUT2D eigenvalue weighted by molar-refractivity contribution is 14.0. The third kappa shape index (κ3) is 5.97. The van der Waals surface area contributed by atoms with Gasteiger partial charge in [-0.2, -0.15) is 0 Å². The lowest BCUT2D eigenvalue weighted by molar-refractivity contribution is 0.212. The number of anilines is 1. The van der Waals surface area contributed by atoms with E-state index in [0.29, 0.717) is 0 Å². The summed E-state index contributed by atoms with van der Waals surface area (Å²) in [5.41, 5.74) is 0. The first-order chi connectivity index (χ1) is 12.3. The fourth-order valence-corrected chi connectivity index (χ4v) is 3.76. The molecule has 0 unspecified atom stereocenters. The van der Waals surface area contributed by atoms with Crippen molar-refractivity contribution in [3.63, 3.8) is 0 Å². The summed E-state index contributed by atoms with van der Waals surface area (Å²) < 4.78 is 0. The van der Waals surface area contributed by atoms with Crippen molar-refractivity contribution in [3.05, 3.63) is 24.4 Å². The first kappa shape index (κ1) is 21.2. The van der Waals surface area contributed by atoms with Crippen molar-refractivity contribution in [2.75, 3.05) is 64.8 Å². The average Bonchev–Trinajstić information content (AvgIpc) is 2.68. The molecule has 0 saturated carbocycles. The topological polar surface area (TPSA) is 47.0 Å². The quantitative estimate of drug-likeness (QED) is 0.414. The lowest BCUT2D eigenvalue weighted by Crippen LogP contribution is -2.53. The summed E-state index contributed by atoms with van der Waals surface area (Å²) >= 11 is 0. The standard InChI is InChI=1S/C19H32N6.HI/c1-20-19(22-10-6-17-7-11-23(2)12-8-17)25-15-13-24(14-16-25)18-5-3-4-9-21-18;/h3-5,9,17H,6-8,10-16H2,1-2H3,(H,20,22);1H. The normalized spacial score (nSPS) is 20.0. The summed E-state index contributed by atoms with van der Waals surface area (Å²) in [7, 11) is 4.12. The molecule has 26 heavy (non-hydrogen) atoms. The molecule has 2 saturated heterocycles. The Labute approximate surface area is 175 Å². The van der Waals surface area contributed by atoms with Gasteiger partial charge < -0.3 is 20.0 Å². The highest BCUT2D eigenvalue weighted by atomic mass is 127. The zero-order valence-corrected chi connectivity index (χ0v) is 18.4. The molecule has 2 aliphatic rings. The number of rotatable bonds is 4. The van der Waals surface area contributed by atoms with Crippen molar-refractivity contribution < 1.29 is 0 Å². The largest absolute Gasteiger partial charge is 0.356 e. The van der Waals surface area contributed by atoms with Crippen LogP contribution in [0.1, 0.15) is 19.3 Å². The summed E-state index contributed by atoms with van der Waals surface area (Å²) in [6.07, 6.45) is 5.78. The molecule has 0 aromatic carbocycles. The molecule has 0 spiro atoms. The number of piperazine rings is 1. The van der Waals surface area contributed by atoms with Gasteiger partial charge in [0.15, 0.2) is 5.96 Å². The van der Waals surface area contributed by atoms with Crippen LogP contribution in [-0.2, 0) is 0 Å². The van der Waals surface area contributed by atoms with Gasteiger partial charge in [-0.05, 0) is 57.5 Å². The lowest BCUT2D eigenvalue weighted by atomic mass is 9.94. The molecule has 2 fully saturated rings. The molecule has 1 aromatic heterocycles. The van der Waals surface area contributed by atoms with Crippen LogP contribution in [0.15, 0.2) is 29.4 Å². The molecule has 0 aliphatic carbocycles. The van der Waals surface area contributed by atoms with Gasteiger partial charge in [0.25, 0.3) is 0 Å². The van der Waals surface area contributed by atoms with E-state index in [9.17, 15) is 0 Å². The highest BCUT2D eigenvalue weighted by Gasteiger charge is 2.21. The van der Waals surface area contributed by atoms with Crippen molar-refractivity contribution >= 4 is 35.8 Å². The van der Waals surface area contributed by atoms with E-state index >= 15 is 0 Å². The Hall–Kier alpha value is -1.09. The molecule has 0 amide bonds. The fraction of sp³-hybridized carbons (Fsp3) is 0.684. The zero-order chi connectivity index (χ0) is 17.5. The zero-order valence-electron chi connectivity index (χ0n) is 16.1. The third-order valence-corrected chi connectivity index (χ3v) is 5.44. The molecule has 0 atom stereocenters. The van der Waals surface area contributed by atoms with Gasteiger partial charge in [-0.15, -0.1) is 24.0 Å². The minimum Gasteiger partial charge on any atom is -0.356 e. The van der Waals surface area contributed by atoms with Gasteiger partial charge in [0.05, 0.1) is 0 Å². The summed E-state index contributed by atoms with van der Waals surface area (Å²) in [5.74, 6) is 2.99. The van der Waals surface area contributed by atoms with Crippen LogP contribution >= 0.6 is 24.0 Å². The van der Waals surface area contributed by atoms with E-state index in [1.165, 1.54) is 32.4 Å². The number of halogens is 1. The van der Waals surface area contributed by atoms with Gasteiger partial charge in [-0.25, -0.2) is 4.98 Å². The van der Waals surface area contributed by atoms with Crippen LogP contribution in [0.4, 0.5) is 5.82 Å². The summed E-state index contributed by atoms with van der Waals surface area (Å²) in [4.78, 5) is 16.1. The molecule has 3 heterocycles. The summed E-state index contributed by atoms with van der Waals surface area (Å²) in [6.45, 7) is 7.49. The number of nitrogens with one attached hydrogen (secondary N) is 1. The van der Waals surface area contributed by atoms with Crippen LogP contribution in [0.25, 0.3) is 0 Å². The van der Waals surface area contributed by atoms with E-state index in [4.69, 9.17) is 0 Å². The second kappa shape index (κ2) is 10.9. The predicted molar refractivity (Wildman–Crippen MR) is 120 cm³/mol. The van der Waals surface area contributed by atoms with Crippen molar-refractivity contribution in [3.8, 4) is 0 Å². The second-order valence-electron chi connectivity index (χ2n) is 7.17. The number of guanidine groups is 1. The average molecular weight is 472 g/mol. The van der Waals surface area contributed by atoms with Crippen LogP contribution in [0.3, 0.4) is 0 Å². The van der Waals surface area contributed by atoms with Gasteiger partial charge in [0, 0.05) is 46.0 Å². The number of hydrogen-bond donors (Lipinski definition) is 1. The van der Waals surface area contributed by atoms with Crippen LogP contribution < -0.4 is 10.2 Å². The first-order valence-corrected chi connectivity index (χ1v) is 9.56. The molecule has 1 aromatic rings. The number of pyridine rings is 1. The number of aromatic nitrogens is 1. The lowest BCUT2D eigenvalue weighted by Gasteiger charge is -2.37. The van der Waals surface area contributed by atoms with E-state index in [0.717, 1.165) is 50.4 Å². The van der Waals surface area contributed by atoms with Crippen molar-refractivity contribution in [1.29, 1.82) is 0 Å². The minimum atomic E-state index is 0. The van der Waals surface area contributed by atoms with Crippen LogP contribution in [0.2, 0.25) is 0 Å². The molecule has 0 bridgehead atoms. The van der Waals surface area contributed by atoms with E-state index in [1.807, 2.05) is 19.3 Å². The first-order valence-electron chi connectivity index (χ1n) is 9.56. The summed E-state index contributed by atoms with van der Waals surface area (Å²) in [6, 6.07) is 6.11. The van der Waals surface area contributed by atoms with Crippen LogP contribution in [0, 0.1) is 5.92 Å². The van der Waals surface area contributed by atoms with Gasteiger partial charge in [0.2, 0.25) is 0 Å². The Morgan fingerprint density at radius 1 is 1.15 bits per heavy atom. The second-order valence-corrected chi connectivity index (χ2v) is 7.17. The predicted octanol–water partition coefficient (Wildman–Crippen LogP) is 2.13. The summed E-state index contributed by atoms with van der Waals surface area (Å²) in [5, 5.41) is 3.58. The molecular weight excluding hydrogens is 439 g/mol. The fourth-order valence-electron chi connectivity index (χ4n) is 3.76. The van der Waals surface area contributed by atoms with Crippen LogP contribution in [0.5, 0.6) is 0 Å². The Morgan fingerprint density at radius 3 is 2.50 bits per heavy atom. The van der Waals surface area contributed by atoms with Crippen molar-refractivity contribution in [2.45, 2.75) is 19.3 Å². The molecule has 6 nitrogen and oxygen atoms in total. The van der Waals surface area contributed by atoms with Crippen molar-refractivity contribution in [1.82, 2.24) is 20.1 Å². The molecular formula is C19H33IN6. The SMILES string of the molecule is CN=C(NCCC1CCN(C)CC1)N1CCN(c2ccccn2)CC1.I. The van der Waals surface area contributed by atoms with Gasteiger partial charge in [0.1, 0.15) is 5.82 Å². The monoisotopic (exact) mass is 472 g/mol. The smallest absolute Gasteiger partial charge is 0.193 e. The number of piperidine rings is 1. The van der Waals surface area contributed by atoms with E-state index < -0.39 is 0 Å². The number of aliphatic imine (C=N–C) groups is 1. The van der Waals surface area contributed by atoms with E-state index in [1.54, 1.807) is 0 Å². The van der Waals surface area contributed by atoms with E-state index in [-0.39, 0.29) is 24.0 Å². The number of likely N-dealkylation sites (tertiary alicyclic amines) is 1. The van der Waals surface area contributed by atoms with Gasteiger partial charge >= 0.3 is 0 Å². The molecule has 3 rings (SSSR count). The molecule has 0 radical (unpaired) electrons. The maximum Gasteiger partial charge on any atom is 0.193 e. The van der Waals surface area contributed by atoms with Gasteiger partial charge in [-0.1, -0.05) is 6.07 Å². The molecule has 146 valence electrons. The van der Waals surface area contributed by atoms with E-state index in [2.05, 4.69) is 49.2 Å². The number of hydrogen-bond acceptors (Lipinski definition) is 4. The molecule has 2 aliphatic heterocycles. The van der Waals surface area contributed by atoms with Gasteiger partial charge in [-0.3, -0.25) is 4.99 Å². The number of nitrogens with zero attached hydrogens (tertiary/aromatic N) is 5. The maximum absolute atomic E-state index is 4.49. The minimum absolute atomic E-state index is 0. The van der Waals surface area contributed by atoms with Crippen molar-refractivity contribution in [2.24, 2.45) is 10.9 Å². The Balaban J connectivity index is 0.00000243. The Bertz CT molecular complexity index is 536. The highest BCUT2D eigenvalue weighted by Crippen LogP contribution is 2.19. The maximum atomic E-state index is 4.49. The Morgan fingerprint density at radius 2 is 1.88 bits per heavy atom. The molecule has 1 N–H and O–H groups in total.